The van der Waals surface area contributed by atoms with Crippen LogP contribution >= 0.6 is 0 Å². The summed E-state index contributed by atoms with van der Waals surface area (Å²) in [4.78, 5) is 12.4. The normalized spacial score (nSPS) is 14.9. The van der Waals surface area contributed by atoms with Crippen LogP contribution in [0.25, 0.3) is 0 Å². The fourth-order valence-electron chi connectivity index (χ4n) is 5.22. The van der Waals surface area contributed by atoms with Crippen molar-refractivity contribution in [2.45, 2.75) is 192 Å². The molecule has 0 spiro atoms. The standard InChI is InChI=1S/C36H69NO5/c1-3-5-7-9-11-13-15-16-17-18-20-22-24-26-28-30-34(40)36(42)37-32(31-38)35(41)33(39)29-27-25-23-21-19-14-12-10-8-6-4-2/h17-18,21,23,32-35,38-41H,3-16,19-20,22,24-31H2,1-2H3,(H,37,42)/b18-17-,23-21+. The van der Waals surface area contributed by atoms with Crippen molar-refractivity contribution in [3.63, 3.8) is 0 Å². The van der Waals surface area contributed by atoms with Crippen LogP contribution < -0.4 is 5.32 Å². The number of carbonyl (C=O) groups excluding carboxylic acids is 1. The summed E-state index contributed by atoms with van der Waals surface area (Å²) >= 11 is 0. The van der Waals surface area contributed by atoms with E-state index < -0.39 is 36.9 Å². The molecule has 4 atom stereocenters. The first-order chi connectivity index (χ1) is 20.5. The quantitative estimate of drug-likeness (QED) is 0.0411. The summed E-state index contributed by atoms with van der Waals surface area (Å²) < 4.78 is 0. The van der Waals surface area contributed by atoms with Gasteiger partial charge in [-0.05, 0) is 64.2 Å². The van der Waals surface area contributed by atoms with Gasteiger partial charge in [-0.2, -0.15) is 0 Å². The van der Waals surface area contributed by atoms with E-state index in [-0.39, 0.29) is 0 Å². The first kappa shape index (κ1) is 40.8. The third kappa shape index (κ3) is 25.3. The molecule has 0 rings (SSSR count). The lowest BCUT2D eigenvalue weighted by molar-refractivity contribution is -0.132. The van der Waals surface area contributed by atoms with Gasteiger partial charge in [-0.15, -0.1) is 0 Å². The van der Waals surface area contributed by atoms with E-state index in [0.29, 0.717) is 12.8 Å². The molecule has 0 bridgehead atoms. The maximum Gasteiger partial charge on any atom is 0.249 e. The smallest absolute Gasteiger partial charge is 0.249 e. The Kier molecular flexibility index (Phi) is 30.3. The van der Waals surface area contributed by atoms with Crippen LogP contribution in [0, 0.1) is 0 Å². The monoisotopic (exact) mass is 596 g/mol. The minimum absolute atomic E-state index is 0.349. The summed E-state index contributed by atoms with van der Waals surface area (Å²) in [6, 6.07) is -1.00. The first-order valence-electron chi connectivity index (χ1n) is 17.7. The average molecular weight is 596 g/mol. The highest BCUT2D eigenvalue weighted by Gasteiger charge is 2.28. The Morgan fingerprint density at radius 1 is 0.571 bits per heavy atom. The maximum absolute atomic E-state index is 12.4. The minimum Gasteiger partial charge on any atom is -0.394 e. The minimum atomic E-state index is -1.28. The molecule has 0 aliphatic carbocycles. The fraction of sp³-hybridized carbons (Fsp3) is 0.861. The van der Waals surface area contributed by atoms with Gasteiger partial charge in [0, 0.05) is 0 Å². The average Bonchev–Trinajstić information content (AvgIpc) is 2.99. The second kappa shape index (κ2) is 31.2. The zero-order chi connectivity index (χ0) is 31.1. The molecule has 0 saturated carbocycles. The molecule has 0 saturated heterocycles. The fourth-order valence-corrected chi connectivity index (χ4v) is 5.22. The van der Waals surface area contributed by atoms with Gasteiger partial charge in [-0.25, -0.2) is 0 Å². The SMILES string of the molecule is CCCCCCCC/C=C/CCCC(O)C(O)C(CO)NC(=O)C(O)CCCCCC/C=C\CCCCCCCCC. The zero-order valence-corrected chi connectivity index (χ0v) is 27.5. The van der Waals surface area contributed by atoms with E-state index in [9.17, 15) is 25.2 Å². The third-order valence-electron chi connectivity index (χ3n) is 8.13. The molecule has 1 amide bonds. The molecule has 5 N–H and O–H groups in total. The van der Waals surface area contributed by atoms with Gasteiger partial charge in [0.05, 0.1) is 18.8 Å². The van der Waals surface area contributed by atoms with Crippen molar-refractivity contribution in [3.8, 4) is 0 Å². The number of amides is 1. The number of aliphatic hydroxyl groups excluding tert-OH is 4. The van der Waals surface area contributed by atoms with Gasteiger partial charge in [0.2, 0.25) is 5.91 Å². The number of allylic oxidation sites excluding steroid dienone is 4. The van der Waals surface area contributed by atoms with Crippen molar-refractivity contribution in [1.82, 2.24) is 5.32 Å². The Hall–Kier alpha value is -1.21. The molecule has 6 heteroatoms. The lowest BCUT2D eigenvalue weighted by Gasteiger charge is -2.27. The third-order valence-corrected chi connectivity index (χ3v) is 8.13. The Bertz CT molecular complexity index is 638. The first-order valence-corrected chi connectivity index (χ1v) is 17.7. The molecule has 0 radical (unpaired) electrons. The number of hydrogen-bond acceptors (Lipinski definition) is 5. The Balaban J connectivity index is 3.90. The molecule has 4 unspecified atom stereocenters. The van der Waals surface area contributed by atoms with Gasteiger partial charge in [-0.1, -0.05) is 128 Å². The molecule has 0 aliphatic rings. The second-order valence-corrected chi connectivity index (χ2v) is 12.2. The molecule has 0 aromatic carbocycles. The summed E-state index contributed by atoms with van der Waals surface area (Å²) in [5.41, 5.74) is 0. The molecule has 0 aromatic rings. The molecular weight excluding hydrogens is 526 g/mol. The van der Waals surface area contributed by atoms with E-state index in [4.69, 9.17) is 0 Å². The highest BCUT2D eigenvalue weighted by molar-refractivity contribution is 5.80. The molecule has 0 aromatic heterocycles. The van der Waals surface area contributed by atoms with Crippen LogP contribution in [0.2, 0.25) is 0 Å². The van der Waals surface area contributed by atoms with Gasteiger partial charge < -0.3 is 25.7 Å². The molecule has 0 heterocycles. The van der Waals surface area contributed by atoms with E-state index in [2.05, 4.69) is 43.5 Å². The van der Waals surface area contributed by atoms with Crippen molar-refractivity contribution in [2.24, 2.45) is 0 Å². The van der Waals surface area contributed by atoms with Crippen molar-refractivity contribution in [1.29, 1.82) is 0 Å². The molecule has 42 heavy (non-hydrogen) atoms. The Morgan fingerprint density at radius 2 is 0.976 bits per heavy atom. The largest absolute Gasteiger partial charge is 0.394 e. The predicted octanol–water partition coefficient (Wildman–Crippen LogP) is 8.06. The summed E-state index contributed by atoms with van der Waals surface area (Å²) in [7, 11) is 0. The molecular formula is C36H69NO5. The van der Waals surface area contributed by atoms with Gasteiger partial charge in [0.1, 0.15) is 12.2 Å². The van der Waals surface area contributed by atoms with Crippen molar-refractivity contribution < 1.29 is 25.2 Å². The number of rotatable bonds is 31. The van der Waals surface area contributed by atoms with Crippen LogP contribution in [0.4, 0.5) is 0 Å². The lowest BCUT2D eigenvalue weighted by Crippen LogP contribution is -2.53. The molecule has 6 nitrogen and oxygen atoms in total. The van der Waals surface area contributed by atoms with Crippen LogP contribution in [0.15, 0.2) is 24.3 Å². The molecule has 248 valence electrons. The molecule has 0 fully saturated rings. The van der Waals surface area contributed by atoms with E-state index in [1.54, 1.807) is 0 Å². The number of nitrogens with one attached hydrogen (secondary N) is 1. The van der Waals surface area contributed by atoms with Gasteiger partial charge in [0.25, 0.3) is 0 Å². The topological polar surface area (TPSA) is 110 Å². The van der Waals surface area contributed by atoms with Gasteiger partial charge >= 0.3 is 0 Å². The van der Waals surface area contributed by atoms with Crippen molar-refractivity contribution >= 4 is 5.91 Å². The number of hydrogen-bond donors (Lipinski definition) is 5. The predicted molar refractivity (Wildman–Crippen MR) is 177 cm³/mol. The van der Waals surface area contributed by atoms with E-state index in [1.165, 1.54) is 89.9 Å². The van der Waals surface area contributed by atoms with Gasteiger partial charge in [0.15, 0.2) is 0 Å². The van der Waals surface area contributed by atoms with Crippen molar-refractivity contribution in [3.05, 3.63) is 24.3 Å². The van der Waals surface area contributed by atoms with Gasteiger partial charge in [-0.3, -0.25) is 4.79 Å². The van der Waals surface area contributed by atoms with E-state index >= 15 is 0 Å². The van der Waals surface area contributed by atoms with Crippen LogP contribution in [0.1, 0.15) is 168 Å². The summed E-state index contributed by atoms with van der Waals surface area (Å²) in [6.07, 6.45) is 32.0. The highest BCUT2D eigenvalue weighted by Crippen LogP contribution is 2.13. The van der Waals surface area contributed by atoms with Crippen LogP contribution in [0.3, 0.4) is 0 Å². The molecule has 0 aliphatic heterocycles. The van der Waals surface area contributed by atoms with Crippen LogP contribution in [-0.2, 0) is 4.79 Å². The van der Waals surface area contributed by atoms with E-state index in [1.807, 2.05) is 0 Å². The van der Waals surface area contributed by atoms with Crippen LogP contribution in [-0.4, -0.2) is 57.3 Å². The Labute approximate surface area is 259 Å². The summed E-state index contributed by atoms with van der Waals surface area (Å²) in [5, 5.41) is 43.3. The lowest BCUT2D eigenvalue weighted by atomic mass is 10.00. The van der Waals surface area contributed by atoms with Crippen molar-refractivity contribution in [2.75, 3.05) is 6.61 Å². The summed E-state index contributed by atoms with van der Waals surface area (Å²) in [6.45, 7) is 3.98. The highest BCUT2D eigenvalue weighted by atomic mass is 16.3. The van der Waals surface area contributed by atoms with E-state index in [0.717, 1.165) is 51.4 Å². The second-order valence-electron chi connectivity index (χ2n) is 12.2. The maximum atomic E-state index is 12.4. The zero-order valence-electron chi connectivity index (χ0n) is 27.5. The number of carbonyl (C=O) groups is 1. The van der Waals surface area contributed by atoms with Crippen LogP contribution in [0.5, 0.6) is 0 Å². The Morgan fingerprint density at radius 3 is 1.43 bits per heavy atom. The number of unbranched alkanes of at least 4 members (excludes halogenated alkanes) is 18. The number of aliphatic hydroxyl groups is 4. The summed E-state index contributed by atoms with van der Waals surface area (Å²) in [5.74, 6) is -0.605.